The predicted octanol–water partition coefficient (Wildman–Crippen LogP) is 2.66. The lowest BCUT2D eigenvalue weighted by Crippen LogP contribution is -2.00. The lowest BCUT2D eigenvalue weighted by Gasteiger charge is -2.02. The Morgan fingerprint density at radius 2 is 2.14 bits per heavy atom. The Morgan fingerprint density at radius 3 is 3.00 bits per heavy atom. The molecule has 0 aliphatic rings. The number of ether oxygens (including phenoxy) is 1. The van der Waals surface area contributed by atoms with Gasteiger partial charge in [-0.15, -0.1) is 0 Å². The molecule has 0 bridgehead atoms. The van der Waals surface area contributed by atoms with E-state index < -0.39 is 0 Å². The standard InChI is InChI=1S/C16H12N4O2/c1-22-15(21)14-7-11-3-2-10(6-13(11)19-14)12-8-18-16-17-4-5-20(16)9-12/h2-9,19H,1H3. The second-order valence-corrected chi connectivity index (χ2v) is 4.95. The number of imidazole rings is 1. The number of aromatic amines is 1. The highest BCUT2D eigenvalue weighted by Gasteiger charge is 2.10. The number of nitrogens with zero attached hydrogens (tertiary/aromatic N) is 3. The van der Waals surface area contributed by atoms with Crippen molar-refractivity contribution in [3.05, 3.63) is 54.7 Å². The number of nitrogens with one attached hydrogen (secondary N) is 1. The van der Waals surface area contributed by atoms with E-state index in [9.17, 15) is 4.79 Å². The van der Waals surface area contributed by atoms with Crippen molar-refractivity contribution in [3.8, 4) is 11.1 Å². The summed E-state index contributed by atoms with van der Waals surface area (Å²) in [5.74, 6) is 0.289. The van der Waals surface area contributed by atoms with E-state index in [0.29, 0.717) is 11.5 Å². The van der Waals surface area contributed by atoms with Crippen LogP contribution in [0.25, 0.3) is 27.8 Å². The molecule has 0 amide bonds. The summed E-state index contributed by atoms with van der Waals surface area (Å²) < 4.78 is 6.60. The van der Waals surface area contributed by atoms with Gasteiger partial charge in [0, 0.05) is 41.3 Å². The fourth-order valence-corrected chi connectivity index (χ4v) is 2.49. The number of esters is 1. The maximum absolute atomic E-state index is 11.6. The van der Waals surface area contributed by atoms with Crippen LogP contribution in [0.4, 0.5) is 0 Å². The molecule has 0 radical (unpaired) electrons. The second kappa shape index (κ2) is 4.70. The lowest BCUT2D eigenvalue weighted by atomic mass is 10.1. The quantitative estimate of drug-likeness (QED) is 0.576. The van der Waals surface area contributed by atoms with Crippen molar-refractivity contribution in [3.63, 3.8) is 0 Å². The molecular weight excluding hydrogens is 280 g/mol. The van der Waals surface area contributed by atoms with Crippen molar-refractivity contribution < 1.29 is 9.53 Å². The Balaban J connectivity index is 1.82. The molecule has 0 aliphatic heterocycles. The maximum atomic E-state index is 11.6. The van der Waals surface area contributed by atoms with Crippen molar-refractivity contribution in [1.29, 1.82) is 0 Å². The maximum Gasteiger partial charge on any atom is 0.354 e. The number of aromatic nitrogens is 4. The van der Waals surface area contributed by atoms with Gasteiger partial charge in [0.2, 0.25) is 5.78 Å². The molecule has 4 aromatic rings. The fraction of sp³-hybridized carbons (Fsp3) is 0.0625. The van der Waals surface area contributed by atoms with E-state index in [2.05, 4.69) is 15.0 Å². The lowest BCUT2D eigenvalue weighted by molar-refractivity contribution is 0.0595. The van der Waals surface area contributed by atoms with E-state index in [-0.39, 0.29) is 5.97 Å². The Hall–Kier alpha value is -3.15. The molecule has 0 atom stereocenters. The Bertz CT molecular complexity index is 1000. The molecule has 1 N–H and O–H groups in total. The number of carbonyl (C=O) groups is 1. The van der Waals surface area contributed by atoms with Crippen LogP contribution in [0.5, 0.6) is 0 Å². The van der Waals surface area contributed by atoms with Crippen LogP contribution < -0.4 is 0 Å². The van der Waals surface area contributed by atoms with Gasteiger partial charge in [-0.05, 0) is 17.7 Å². The molecule has 6 nitrogen and oxygen atoms in total. The van der Waals surface area contributed by atoms with Crippen LogP contribution in [0, 0.1) is 0 Å². The van der Waals surface area contributed by atoms with Crippen molar-refractivity contribution in [2.24, 2.45) is 0 Å². The van der Waals surface area contributed by atoms with Gasteiger partial charge in [0.05, 0.1) is 7.11 Å². The largest absolute Gasteiger partial charge is 0.464 e. The zero-order valence-corrected chi connectivity index (χ0v) is 11.8. The summed E-state index contributed by atoms with van der Waals surface area (Å²) in [6.07, 6.45) is 7.33. The normalized spacial score (nSPS) is 11.1. The average Bonchev–Trinajstić information content (AvgIpc) is 3.18. The summed E-state index contributed by atoms with van der Waals surface area (Å²) in [7, 11) is 1.37. The molecule has 1 aromatic carbocycles. The van der Waals surface area contributed by atoms with Crippen molar-refractivity contribution >= 4 is 22.6 Å². The summed E-state index contributed by atoms with van der Waals surface area (Å²) in [5.41, 5.74) is 3.30. The van der Waals surface area contributed by atoms with Crippen LogP contribution in [0.1, 0.15) is 10.5 Å². The molecule has 108 valence electrons. The number of methoxy groups -OCH3 is 1. The van der Waals surface area contributed by atoms with Crippen LogP contribution in [0.15, 0.2) is 49.1 Å². The van der Waals surface area contributed by atoms with Crippen LogP contribution in [0.3, 0.4) is 0 Å². The molecular formula is C16H12N4O2. The predicted molar refractivity (Wildman–Crippen MR) is 81.6 cm³/mol. The van der Waals surface area contributed by atoms with Gasteiger partial charge in [0.25, 0.3) is 0 Å². The highest BCUT2D eigenvalue weighted by atomic mass is 16.5. The minimum atomic E-state index is -0.376. The molecule has 22 heavy (non-hydrogen) atoms. The first-order chi connectivity index (χ1) is 10.7. The van der Waals surface area contributed by atoms with Gasteiger partial charge in [0.1, 0.15) is 5.69 Å². The van der Waals surface area contributed by atoms with Gasteiger partial charge in [0.15, 0.2) is 0 Å². The molecule has 0 saturated heterocycles. The summed E-state index contributed by atoms with van der Waals surface area (Å²) in [6.45, 7) is 0. The molecule has 0 fully saturated rings. The van der Waals surface area contributed by atoms with E-state index in [1.807, 2.05) is 35.0 Å². The molecule has 0 unspecified atom stereocenters. The number of fused-ring (bicyclic) bond motifs is 2. The molecule has 6 heteroatoms. The van der Waals surface area contributed by atoms with Gasteiger partial charge in [-0.25, -0.2) is 14.8 Å². The molecule has 0 aliphatic carbocycles. The van der Waals surface area contributed by atoms with Crippen molar-refractivity contribution in [2.45, 2.75) is 0 Å². The summed E-state index contributed by atoms with van der Waals surface area (Å²) in [4.78, 5) is 23.1. The summed E-state index contributed by atoms with van der Waals surface area (Å²) in [6, 6.07) is 7.73. The highest BCUT2D eigenvalue weighted by Crippen LogP contribution is 2.24. The minimum Gasteiger partial charge on any atom is -0.464 e. The van der Waals surface area contributed by atoms with Crippen molar-refractivity contribution in [2.75, 3.05) is 7.11 Å². The molecule has 4 rings (SSSR count). The Kier molecular flexibility index (Phi) is 2.69. The van der Waals surface area contributed by atoms with Crippen molar-refractivity contribution in [1.82, 2.24) is 19.4 Å². The van der Waals surface area contributed by atoms with Gasteiger partial charge in [-0.2, -0.15) is 0 Å². The summed E-state index contributed by atoms with van der Waals surface area (Å²) in [5, 5.41) is 0.959. The van der Waals surface area contributed by atoms with Crippen LogP contribution in [0.2, 0.25) is 0 Å². The Morgan fingerprint density at radius 1 is 1.23 bits per heavy atom. The van der Waals surface area contributed by atoms with E-state index in [0.717, 1.165) is 22.0 Å². The number of hydrogen-bond donors (Lipinski definition) is 1. The molecule has 3 heterocycles. The highest BCUT2D eigenvalue weighted by molar-refractivity contribution is 5.95. The number of benzene rings is 1. The third kappa shape index (κ3) is 1.93. The second-order valence-electron chi connectivity index (χ2n) is 4.95. The number of H-pyrrole nitrogens is 1. The van der Waals surface area contributed by atoms with E-state index >= 15 is 0 Å². The van der Waals surface area contributed by atoms with Crippen LogP contribution >= 0.6 is 0 Å². The van der Waals surface area contributed by atoms with Gasteiger partial charge >= 0.3 is 5.97 Å². The average molecular weight is 292 g/mol. The molecule has 0 spiro atoms. The monoisotopic (exact) mass is 292 g/mol. The number of carbonyl (C=O) groups excluding carboxylic acids is 1. The van der Waals surface area contributed by atoms with E-state index in [1.165, 1.54) is 7.11 Å². The van der Waals surface area contributed by atoms with Gasteiger partial charge < -0.3 is 9.72 Å². The zero-order chi connectivity index (χ0) is 15.1. The molecule has 0 saturated carbocycles. The topological polar surface area (TPSA) is 72.3 Å². The zero-order valence-electron chi connectivity index (χ0n) is 11.8. The first-order valence-corrected chi connectivity index (χ1v) is 6.75. The van der Waals surface area contributed by atoms with Gasteiger partial charge in [-0.1, -0.05) is 12.1 Å². The fourth-order valence-electron chi connectivity index (χ4n) is 2.49. The number of rotatable bonds is 2. The van der Waals surface area contributed by atoms with Crippen LogP contribution in [-0.4, -0.2) is 32.4 Å². The van der Waals surface area contributed by atoms with Gasteiger partial charge in [-0.3, -0.25) is 4.40 Å². The number of hydrogen-bond acceptors (Lipinski definition) is 4. The first kappa shape index (κ1) is 12.6. The Labute approximate surface area is 125 Å². The summed E-state index contributed by atoms with van der Waals surface area (Å²) >= 11 is 0. The first-order valence-electron chi connectivity index (χ1n) is 6.75. The van der Waals surface area contributed by atoms with E-state index in [1.54, 1.807) is 18.5 Å². The van der Waals surface area contributed by atoms with Crippen LogP contribution in [-0.2, 0) is 4.74 Å². The minimum absolute atomic E-state index is 0.376. The third-order valence-corrected chi connectivity index (χ3v) is 3.61. The van der Waals surface area contributed by atoms with E-state index in [4.69, 9.17) is 4.74 Å². The smallest absolute Gasteiger partial charge is 0.354 e. The third-order valence-electron chi connectivity index (χ3n) is 3.61. The molecule has 3 aromatic heterocycles. The SMILES string of the molecule is COC(=O)c1cc2ccc(-c3cnc4nccn4c3)cc2[nH]1.